The molecule has 0 radical (unpaired) electrons. The first-order chi connectivity index (χ1) is 8.27. The number of primary amides is 1. The zero-order chi connectivity index (χ0) is 12.1. The summed E-state index contributed by atoms with van der Waals surface area (Å²) in [5.74, 6) is -0.206. The van der Waals surface area contributed by atoms with Crippen LogP contribution in [-0.4, -0.2) is 28.9 Å². The van der Waals surface area contributed by atoms with Gasteiger partial charge in [-0.15, -0.1) is 0 Å². The zero-order valence-electron chi connectivity index (χ0n) is 10.0. The number of nitrogens with two attached hydrogens (primary N) is 1. The number of aromatic nitrogens is 1. The molecule has 0 aromatic carbocycles. The lowest BCUT2D eigenvalue weighted by atomic mass is 10.1. The quantitative estimate of drug-likeness (QED) is 0.838. The van der Waals surface area contributed by atoms with Gasteiger partial charge in [-0.2, -0.15) is 0 Å². The Bertz CT molecular complexity index is 366. The molecule has 1 aromatic heterocycles. The third kappa shape index (κ3) is 3.27. The molecule has 2 rings (SSSR count). The number of likely N-dealkylation sites (tertiary alicyclic amines) is 1. The van der Waals surface area contributed by atoms with Crippen LogP contribution in [0.2, 0.25) is 0 Å². The summed E-state index contributed by atoms with van der Waals surface area (Å²) < 4.78 is 0. The summed E-state index contributed by atoms with van der Waals surface area (Å²) in [6, 6.07) is 4.58. The molecule has 0 bridgehead atoms. The highest BCUT2D eigenvalue weighted by Crippen LogP contribution is 2.31. The molecular weight excluding hydrogens is 214 g/mol. The van der Waals surface area contributed by atoms with E-state index in [1.54, 1.807) is 6.20 Å². The van der Waals surface area contributed by atoms with Crippen molar-refractivity contribution in [3.63, 3.8) is 0 Å². The molecule has 0 aliphatic carbocycles. The molecule has 0 saturated carbocycles. The minimum absolute atomic E-state index is 0.206. The standard InChI is InChI=1S/C13H19N3O/c14-13(17)6-3-9-16-8-2-5-12(16)11-4-1-7-15-10-11/h1,4,7,10,12H,2-3,5-6,8-9H2,(H2,14,17). The van der Waals surface area contributed by atoms with Crippen molar-refractivity contribution in [3.05, 3.63) is 30.1 Å². The van der Waals surface area contributed by atoms with E-state index >= 15 is 0 Å². The number of pyridine rings is 1. The van der Waals surface area contributed by atoms with E-state index < -0.39 is 0 Å². The highest BCUT2D eigenvalue weighted by atomic mass is 16.1. The first-order valence-electron chi connectivity index (χ1n) is 6.19. The highest BCUT2D eigenvalue weighted by molar-refractivity contribution is 5.73. The molecular formula is C13H19N3O. The summed E-state index contributed by atoms with van der Waals surface area (Å²) in [6.45, 7) is 2.06. The van der Waals surface area contributed by atoms with E-state index in [1.165, 1.54) is 18.4 Å². The molecule has 0 spiro atoms. The van der Waals surface area contributed by atoms with Crippen molar-refractivity contribution in [2.24, 2.45) is 5.73 Å². The maximum Gasteiger partial charge on any atom is 0.217 e. The number of hydrogen-bond donors (Lipinski definition) is 1. The maximum absolute atomic E-state index is 10.7. The Morgan fingerprint density at radius 3 is 3.18 bits per heavy atom. The van der Waals surface area contributed by atoms with Gasteiger partial charge >= 0.3 is 0 Å². The summed E-state index contributed by atoms with van der Waals surface area (Å²) >= 11 is 0. The SMILES string of the molecule is NC(=O)CCCN1CCCC1c1cccnc1. The molecule has 4 heteroatoms. The topological polar surface area (TPSA) is 59.2 Å². The van der Waals surface area contributed by atoms with Crippen LogP contribution in [-0.2, 0) is 4.79 Å². The van der Waals surface area contributed by atoms with E-state index in [-0.39, 0.29) is 5.91 Å². The van der Waals surface area contributed by atoms with Gasteiger partial charge in [0.15, 0.2) is 0 Å². The van der Waals surface area contributed by atoms with Crippen molar-refractivity contribution in [2.45, 2.75) is 31.7 Å². The number of amides is 1. The van der Waals surface area contributed by atoms with Gasteiger partial charge in [0, 0.05) is 24.9 Å². The van der Waals surface area contributed by atoms with Crippen LogP contribution in [0.4, 0.5) is 0 Å². The first-order valence-corrected chi connectivity index (χ1v) is 6.19. The van der Waals surface area contributed by atoms with E-state index in [4.69, 9.17) is 5.73 Å². The molecule has 2 N–H and O–H groups in total. The minimum atomic E-state index is -0.206. The summed E-state index contributed by atoms with van der Waals surface area (Å²) in [4.78, 5) is 17.3. The van der Waals surface area contributed by atoms with Gasteiger partial charge in [0.2, 0.25) is 5.91 Å². The Morgan fingerprint density at radius 1 is 1.59 bits per heavy atom. The van der Waals surface area contributed by atoms with Gasteiger partial charge in [-0.05, 0) is 44.0 Å². The Hall–Kier alpha value is -1.42. The van der Waals surface area contributed by atoms with E-state index in [9.17, 15) is 4.79 Å². The fraction of sp³-hybridized carbons (Fsp3) is 0.538. The number of hydrogen-bond acceptors (Lipinski definition) is 3. The predicted octanol–water partition coefficient (Wildman–Crippen LogP) is 1.48. The number of rotatable bonds is 5. The Kier molecular flexibility index (Phi) is 4.09. The second kappa shape index (κ2) is 5.77. The maximum atomic E-state index is 10.7. The summed E-state index contributed by atoms with van der Waals surface area (Å²) in [7, 11) is 0. The monoisotopic (exact) mass is 233 g/mol. The lowest BCUT2D eigenvalue weighted by molar-refractivity contribution is -0.118. The summed E-state index contributed by atoms with van der Waals surface area (Å²) in [6.07, 6.45) is 7.48. The van der Waals surface area contributed by atoms with Crippen molar-refractivity contribution in [2.75, 3.05) is 13.1 Å². The van der Waals surface area contributed by atoms with Crippen LogP contribution in [0.15, 0.2) is 24.5 Å². The molecule has 1 aliphatic heterocycles. The summed E-state index contributed by atoms with van der Waals surface area (Å²) in [5.41, 5.74) is 6.44. The molecule has 1 fully saturated rings. The molecule has 1 unspecified atom stereocenters. The average molecular weight is 233 g/mol. The van der Waals surface area contributed by atoms with Crippen LogP contribution >= 0.6 is 0 Å². The third-order valence-corrected chi connectivity index (χ3v) is 3.30. The smallest absolute Gasteiger partial charge is 0.217 e. The zero-order valence-corrected chi connectivity index (χ0v) is 10.0. The lowest BCUT2D eigenvalue weighted by Crippen LogP contribution is -2.25. The fourth-order valence-electron chi connectivity index (χ4n) is 2.50. The van der Waals surface area contributed by atoms with Crippen LogP contribution in [0.5, 0.6) is 0 Å². The molecule has 92 valence electrons. The number of carbonyl (C=O) groups excluding carboxylic acids is 1. The van der Waals surface area contributed by atoms with Crippen molar-refractivity contribution in [1.29, 1.82) is 0 Å². The van der Waals surface area contributed by atoms with Crippen LogP contribution in [0.3, 0.4) is 0 Å². The molecule has 1 amide bonds. The average Bonchev–Trinajstić information content (AvgIpc) is 2.78. The van der Waals surface area contributed by atoms with Crippen LogP contribution in [0, 0.1) is 0 Å². The second-order valence-corrected chi connectivity index (χ2v) is 4.55. The number of nitrogens with zero attached hydrogens (tertiary/aromatic N) is 2. The van der Waals surface area contributed by atoms with Crippen molar-refractivity contribution in [1.82, 2.24) is 9.88 Å². The second-order valence-electron chi connectivity index (χ2n) is 4.55. The van der Waals surface area contributed by atoms with E-state index in [1.807, 2.05) is 12.3 Å². The number of carbonyl (C=O) groups is 1. The van der Waals surface area contributed by atoms with Crippen molar-refractivity contribution < 1.29 is 4.79 Å². The highest BCUT2D eigenvalue weighted by Gasteiger charge is 2.25. The van der Waals surface area contributed by atoms with Gasteiger partial charge < -0.3 is 5.73 Å². The normalized spacial score (nSPS) is 20.6. The fourth-order valence-corrected chi connectivity index (χ4v) is 2.50. The molecule has 2 heterocycles. The van der Waals surface area contributed by atoms with Gasteiger partial charge in [0.05, 0.1) is 0 Å². The predicted molar refractivity (Wildman–Crippen MR) is 66.2 cm³/mol. The van der Waals surface area contributed by atoms with Gasteiger partial charge in [0.25, 0.3) is 0 Å². The minimum Gasteiger partial charge on any atom is -0.370 e. The lowest BCUT2D eigenvalue weighted by Gasteiger charge is -2.24. The van der Waals surface area contributed by atoms with Gasteiger partial charge in [-0.25, -0.2) is 0 Å². The van der Waals surface area contributed by atoms with E-state index in [2.05, 4.69) is 16.0 Å². The van der Waals surface area contributed by atoms with Crippen LogP contribution in [0.25, 0.3) is 0 Å². The molecule has 1 aliphatic rings. The third-order valence-electron chi connectivity index (χ3n) is 3.30. The first kappa shape index (κ1) is 12.0. The van der Waals surface area contributed by atoms with Gasteiger partial charge in [-0.3, -0.25) is 14.7 Å². The Labute approximate surface area is 102 Å². The molecule has 1 saturated heterocycles. The van der Waals surface area contributed by atoms with E-state index in [0.29, 0.717) is 12.5 Å². The van der Waals surface area contributed by atoms with E-state index in [0.717, 1.165) is 19.5 Å². The van der Waals surface area contributed by atoms with Crippen LogP contribution in [0.1, 0.15) is 37.3 Å². The van der Waals surface area contributed by atoms with Gasteiger partial charge in [-0.1, -0.05) is 6.07 Å². The molecule has 4 nitrogen and oxygen atoms in total. The van der Waals surface area contributed by atoms with Crippen molar-refractivity contribution in [3.8, 4) is 0 Å². The molecule has 17 heavy (non-hydrogen) atoms. The molecule has 1 atom stereocenters. The Balaban J connectivity index is 1.91. The van der Waals surface area contributed by atoms with Gasteiger partial charge in [0.1, 0.15) is 0 Å². The largest absolute Gasteiger partial charge is 0.370 e. The molecule has 1 aromatic rings. The Morgan fingerprint density at radius 2 is 2.47 bits per heavy atom. The summed E-state index contributed by atoms with van der Waals surface area (Å²) in [5, 5.41) is 0. The van der Waals surface area contributed by atoms with Crippen LogP contribution < -0.4 is 5.73 Å². The van der Waals surface area contributed by atoms with Crippen molar-refractivity contribution >= 4 is 5.91 Å².